The molecule has 0 unspecified atom stereocenters. The Morgan fingerprint density at radius 2 is 1.78 bits per heavy atom. The van der Waals surface area contributed by atoms with Gasteiger partial charge < -0.3 is 23.8 Å². The number of anilines is 1. The van der Waals surface area contributed by atoms with E-state index in [4.69, 9.17) is 18.9 Å². The minimum atomic E-state index is -0.813. The van der Waals surface area contributed by atoms with E-state index in [1.165, 1.54) is 23.0 Å². The average Bonchev–Trinajstić information content (AvgIpc) is 3.27. The number of methoxy groups -OCH3 is 3. The lowest BCUT2D eigenvalue weighted by atomic mass is 9.95. The molecule has 0 fully saturated rings. The third-order valence-electron chi connectivity index (χ3n) is 6.94. The number of allylic oxidation sites excluding steroid dienone is 1. The number of hydrogen-bond acceptors (Lipinski definition) is 9. The molecule has 0 N–H and O–H groups in total. The topological polar surface area (TPSA) is 91.6 Å². The van der Waals surface area contributed by atoms with E-state index in [1.54, 1.807) is 52.3 Å². The van der Waals surface area contributed by atoms with Crippen LogP contribution in [0.5, 0.6) is 17.2 Å². The van der Waals surface area contributed by atoms with Crippen LogP contribution in [0.4, 0.5) is 5.69 Å². The highest BCUT2D eigenvalue weighted by Gasteiger charge is 2.35. The summed E-state index contributed by atoms with van der Waals surface area (Å²) in [6.45, 7) is 9.54. The van der Waals surface area contributed by atoms with Crippen LogP contribution in [0, 0.1) is 0 Å². The van der Waals surface area contributed by atoms with Gasteiger partial charge in [-0.05, 0) is 67.9 Å². The monoisotopic (exact) mass is 643 g/mol. The number of rotatable bonds is 10. The van der Waals surface area contributed by atoms with Gasteiger partial charge in [0.1, 0.15) is 23.3 Å². The molecule has 1 aliphatic heterocycles. The quantitative estimate of drug-likeness (QED) is 0.302. The van der Waals surface area contributed by atoms with E-state index in [0.29, 0.717) is 37.8 Å². The third kappa shape index (κ3) is 5.78. The summed E-state index contributed by atoms with van der Waals surface area (Å²) in [5.41, 5.74) is 2.81. The van der Waals surface area contributed by atoms with E-state index >= 15 is 0 Å². The van der Waals surface area contributed by atoms with E-state index in [1.807, 2.05) is 12.1 Å². The standard InChI is InChI=1S/C30H34BrN3O6S/c1-8-33(9-2)22-16-23(38-6)18(13-21(22)31)14-25-28(35)34-27(20-12-11-19(37-5)15-24(20)39-7)26(29(36)40-10-3)17(4)32-30(34)41-25/h11-16,27H,8-10H2,1-7H3/b25-14-/t27-/m1/s1. The first kappa shape index (κ1) is 30.4. The second-order valence-corrected chi connectivity index (χ2v) is 11.0. The molecule has 0 amide bonds. The van der Waals surface area contributed by atoms with E-state index in [0.717, 1.165) is 28.8 Å². The summed E-state index contributed by atoms with van der Waals surface area (Å²) >= 11 is 4.94. The Kier molecular flexibility index (Phi) is 9.60. The summed E-state index contributed by atoms with van der Waals surface area (Å²) in [5.74, 6) is 1.15. The molecule has 1 aliphatic rings. The Morgan fingerprint density at radius 1 is 1.07 bits per heavy atom. The number of esters is 1. The summed E-state index contributed by atoms with van der Waals surface area (Å²) < 4.78 is 25.1. The van der Waals surface area contributed by atoms with Crippen LogP contribution in [-0.2, 0) is 9.53 Å². The van der Waals surface area contributed by atoms with Gasteiger partial charge in [-0.3, -0.25) is 9.36 Å². The van der Waals surface area contributed by atoms with Crippen molar-refractivity contribution in [3.63, 3.8) is 0 Å². The Bertz CT molecular complexity index is 1670. The van der Waals surface area contributed by atoms with E-state index in [-0.39, 0.29) is 17.7 Å². The first-order chi connectivity index (χ1) is 19.7. The van der Waals surface area contributed by atoms with Crippen LogP contribution in [-0.4, -0.2) is 51.6 Å². The Morgan fingerprint density at radius 3 is 2.39 bits per heavy atom. The van der Waals surface area contributed by atoms with Crippen molar-refractivity contribution in [2.24, 2.45) is 4.99 Å². The molecule has 9 nitrogen and oxygen atoms in total. The van der Waals surface area contributed by atoms with E-state index in [2.05, 4.69) is 39.7 Å². The molecular formula is C30H34BrN3O6S. The Balaban J connectivity index is 1.97. The predicted octanol–water partition coefficient (Wildman–Crippen LogP) is 4.43. The highest BCUT2D eigenvalue weighted by molar-refractivity contribution is 9.10. The van der Waals surface area contributed by atoms with Crippen molar-refractivity contribution >= 4 is 45.0 Å². The summed E-state index contributed by atoms with van der Waals surface area (Å²) in [7, 11) is 4.71. The maximum atomic E-state index is 14.1. The molecule has 11 heteroatoms. The molecule has 1 atom stereocenters. The zero-order valence-electron chi connectivity index (χ0n) is 24.2. The average molecular weight is 645 g/mol. The van der Waals surface area contributed by atoms with Crippen LogP contribution in [0.3, 0.4) is 0 Å². The number of aromatic nitrogens is 1. The summed E-state index contributed by atoms with van der Waals surface area (Å²) in [4.78, 5) is 34.7. The van der Waals surface area contributed by atoms with Crippen molar-refractivity contribution in [1.82, 2.24) is 4.57 Å². The number of hydrogen-bond donors (Lipinski definition) is 0. The van der Waals surface area contributed by atoms with Crippen molar-refractivity contribution in [1.29, 1.82) is 0 Å². The molecule has 0 saturated heterocycles. The van der Waals surface area contributed by atoms with Gasteiger partial charge in [0.05, 0.1) is 49.4 Å². The number of ether oxygens (including phenoxy) is 4. The Labute approximate surface area is 251 Å². The van der Waals surface area contributed by atoms with Gasteiger partial charge in [0, 0.05) is 40.8 Å². The molecule has 0 bridgehead atoms. The van der Waals surface area contributed by atoms with Gasteiger partial charge in [-0.25, -0.2) is 9.79 Å². The predicted molar refractivity (Wildman–Crippen MR) is 164 cm³/mol. The van der Waals surface area contributed by atoms with Crippen molar-refractivity contribution in [2.45, 2.75) is 33.7 Å². The molecule has 0 aliphatic carbocycles. The van der Waals surface area contributed by atoms with Crippen LogP contribution in [0.25, 0.3) is 6.08 Å². The molecule has 3 aromatic rings. The number of halogens is 1. The summed E-state index contributed by atoms with van der Waals surface area (Å²) in [6, 6.07) is 8.39. The molecule has 2 aromatic carbocycles. The largest absolute Gasteiger partial charge is 0.497 e. The van der Waals surface area contributed by atoms with Crippen LogP contribution in [0.15, 0.2) is 55.9 Å². The molecule has 0 saturated carbocycles. The highest BCUT2D eigenvalue weighted by atomic mass is 79.9. The summed E-state index contributed by atoms with van der Waals surface area (Å²) in [6.07, 6.45) is 1.80. The van der Waals surface area contributed by atoms with Gasteiger partial charge >= 0.3 is 5.97 Å². The lowest BCUT2D eigenvalue weighted by Gasteiger charge is -2.26. The molecule has 1 aromatic heterocycles. The smallest absolute Gasteiger partial charge is 0.338 e. The fraction of sp³-hybridized carbons (Fsp3) is 0.367. The van der Waals surface area contributed by atoms with Crippen molar-refractivity contribution in [3.8, 4) is 17.2 Å². The first-order valence-corrected chi connectivity index (χ1v) is 14.9. The van der Waals surface area contributed by atoms with Crippen LogP contribution < -0.4 is 34.0 Å². The second kappa shape index (κ2) is 12.9. The maximum absolute atomic E-state index is 14.1. The fourth-order valence-corrected chi connectivity index (χ4v) is 6.57. The van der Waals surface area contributed by atoms with Gasteiger partial charge in [0.15, 0.2) is 4.80 Å². The normalized spacial score (nSPS) is 14.8. The summed E-state index contributed by atoms with van der Waals surface area (Å²) in [5, 5.41) is 0. The molecule has 41 heavy (non-hydrogen) atoms. The van der Waals surface area contributed by atoms with Gasteiger partial charge in [0.25, 0.3) is 5.56 Å². The van der Waals surface area contributed by atoms with Gasteiger partial charge in [-0.2, -0.15) is 0 Å². The molecule has 218 valence electrons. The zero-order chi connectivity index (χ0) is 29.8. The molecule has 0 spiro atoms. The lowest BCUT2D eigenvalue weighted by molar-refractivity contribution is -0.139. The number of carbonyl (C=O) groups excluding carboxylic acids is 1. The maximum Gasteiger partial charge on any atom is 0.338 e. The lowest BCUT2D eigenvalue weighted by Crippen LogP contribution is -2.40. The van der Waals surface area contributed by atoms with Crippen LogP contribution in [0.2, 0.25) is 0 Å². The van der Waals surface area contributed by atoms with E-state index < -0.39 is 12.0 Å². The minimum absolute atomic E-state index is 0.185. The number of carbonyl (C=O) groups is 1. The first-order valence-electron chi connectivity index (χ1n) is 13.3. The number of benzene rings is 2. The molecule has 0 radical (unpaired) electrons. The van der Waals surface area contributed by atoms with E-state index in [9.17, 15) is 9.59 Å². The fourth-order valence-electron chi connectivity index (χ4n) is 4.93. The number of thiazole rings is 1. The minimum Gasteiger partial charge on any atom is -0.497 e. The zero-order valence-corrected chi connectivity index (χ0v) is 26.6. The highest BCUT2D eigenvalue weighted by Crippen LogP contribution is 2.38. The third-order valence-corrected chi connectivity index (χ3v) is 8.56. The Hall–Kier alpha value is -3.57. The van der Waals surface area contributed by atoms with Crippen molar-refractivity contribution in [3.05, 3.63) is 76.9 Å². The van der Waals surface area contributed by atoms with Crippen LogP contribution >= 0.6 is 27.3 Å². The van der Waals surface area contributed by atoms with Crippen molar-refractivity contribution < 1.29 is 23.7 Å². The SMILES string of the molecule is CCOC(=O)C1=C(C)N=c2s/c(=C\c3cc(Br)c(N(CC)CC)cc3OC)c(=O)n2[C@@H]1c1ccc(OC)cc1OC. The van der Waals surface area contributed by atoms with Crippen molar-refractivity contribution in [2.75, 3.05) is 45.9 Å². The van der Waals surface area contributed by atoms with Gasteiger partial charge in [-0.15, -0.1) is 0 Å². The molecule has 2 heterocycles. The molecular weight excluding hydrogens is 610 g/mol. The van der Waals surface area contributed by atoms with Gasteiger partial charge in [0.2, 0.25) is 0 Å². The number of nitrogens with zero attached hydrogens (tertiary/aromatic N) is 3. The second-order valence-electron chi connectivity index (χ2n) is 9.13. The molecule has 4 rings (SSSR count). The van der Waals surface area contributed by atoms with Gasteiger partial charge in [-0.1, -0.05) is 11.3 Å². The number of fused-ring (bicyclic) bond motifs is 1. The van der Waals surface area contributed by atoms with Crippen LogP contribution in [0.1, 0.15) is 44.9 Å².